The van der Waals surface area contributed by atoms with Crippen LogP contribution in [-0.2, 0) is 19.6 Å². The van der Waals surface area contributed by atoms with Crippen molar-refractivity contribution in [3.05, 3.63) is 11.4 Å². The van der Waals surface area contributed by atoms with Crippen molar-refractivity contribution in [3.63, 3.8) is 0 Å². The van der Waals surface area contributed by atoms with Gasteiger partial charge in [-0.2, -0.15) is 9.40 Å². The van der Waals surface area contributed by atoms with Gasteiger partial charge in [-0.3, -0.25) is 9.89 Å². The van der Waals surface area contributed by atoms with E-state index >= 15 is 0 Å². The predicted octanol–water partition coefficient (Wildman–Crippen LogP) is 0.137. The average molecular weight is 317 g/mol. The van der Waals surface area contributed by atoms with E-state index in [1.807, 2.05) is 0 Å². The molecule has 2 unspecified atom stereocenters. The van der Waals surface area contributed by atoms with Gasteiger partial charge in [0.05, 0.1) is 36.6 Å². The Morgan fingerprint density at radius 2 is 2.14 bits per heavy atom. The molecular weight excluding hydrogens is 298 g/mol. The Bertz CT molecular complexity index is 620. The van der Waals surface area contributed by atoms with E-state index in [2.05, 4.69) is 10.2 Å². The van der Waals surface area contributed by atoms with Crippen LogP contribution in [0.5, 0.6) is 0 Å². The van der Waals surface area contributed by atoms with Crippen LogP contribution in [0, 0.1) is 19.8 Å². The van der Waals surface area contributed by atoms with E-state index in [4.69, 9.17) is 4.74 Å². The fraction of sp³-hybridized carbons (Fsp3) is 0.667. The van der Waals surface area contributed by atoms with Crippen molar-refractivity contribution in [2.75, 3.05) is 19.8 Å². The minimum absolute atomic E-state index is 0.0232. The standard InChI is InChI=1S/C12H19N3O5S/c1-4-15(10-6-20-5-9(10)12(16)17)21(18,19)11-7(2)13-14-8(11)3/h9-10H,4-6H2,1-3H3,(H,13,14)(H,16,17). The number of H-pyrrole nitrogens is 1. The summed E-state index contributed by atoms with van der Waals surface area (Å²) in [4.78, 5) is 11.4. The van der Waals surface area contributed by atoms with Gasteiger partial charge in [-0.25, -0.2) is 8.42 Å². The number of nitrogens with zero attached hydrogens (tertiary/aromatic N) is 2. The van der Waals surface area contributed by atoms with Crippen LogP contribution in [0.1, 0.15) is 18.3 Å². The lowest BCUT2D eigenvalue weighted by Gasteiger charge is -2.28. The van der Waals surface area contributed by atoms with Crippen molar-refractivity contribution in [1.82, 2.24) is 14.5 Å². The van der Waals surface area contributed by atoms with Crippen molar-refractivity contribution < 1.29 is 23.1 Å². The van der Waals surface area contributed by atoms with Gasteiger partial charge in [-0.15, -0.1) is 0 Å². The smallest absolute Gasteiger partial charge is 0.310 e. The number of rotatable bonds is 5. The molecule has 1 fully saturated rings. The second-order valence-corrected chi connectivity index (χ2v) is 6.85. The van der Waals surface area contributed by atoms with Gasteiger partial charge in [0.1, 0.15) is 4.90 Å². The normalized spacial score (nSPS) is 22.9. The number of hydrogen-bond donors (Lipinski definition) is 2. The molecule has 0 spiro atoms. The van der Waals surface area contributed by atoms with Crippen molar-refractivity contribution in [1.29, 1.82) is 0 Å². The second kappa shape index (κ2) is 5.74. The summed E-state index contributed by atoms with van der Waals surface area (Å²) in [6.45, 7) is 5.18. The predicted molar refractivity (Wildman–Crippen MR) is 73.4 cm³/mol. The summed E-state index contributed by atoms with van der Waals surface area (Å²) >= 11 is 0. The Kier molecular flexibility index (Phi) is 4.35. The lowest BCUT2D eigenvalue weighted by molar-refractivity contribution is -0.142. The Morgan fingerprint density at radius 3 is 2.62 bits per heavy atom. The van der Waals surface area contributed by atoms with Gasteiger partial charge in [0.15, 0.2) is 0 Å². The maximum atomic E-state index is 12.8. The van der Waals surface area contributed by atoms with Crippen molar-refractivity contribution in [2.45, 2.75) is 31.7 Å². The maximum Gasteiger partial charge on any atom is 0.310 e. The molecule has 21 heavy (non-hydrogen) atoms. The average Bonchev–Trinajstić information content (AvgIpc) is 2.97. The summed E-state index contributed by atoms with van der Waals surface area (Å²) in [6.07, 6.45) is 0. The highest BCUT2D eigenvalue weighted by atomic mass is 32.2. The zero-order valence-electron chi connectivity index (χ0n) is 12.2. The first kappa shape index (κ1) is 15.9. The zero-order valence-corrected chi connectivity index (χ0v) is 13.0. The van der Waals surface area contributed by atoms with Gasteiger partial charge in [0.25, 0.3) is 0 Å². The summed E-state index contributed by atoms with van der Waals surface area (Å²) in [5.41, 5.74) is 0.813. The molecule has 2 atom stereocenters. The number of carboxylic acid groups (broad SMARTS) is 1. The van der Waals surface area contributed by atoms with Crippen LogP contribution >= 0.6 is 0 Å². The minimum Gasteiger partial charge on any atom is -0.481 e. The fourth-order valence-corrected chi connectivity index (χ4v) is 4.67. The van der Waals surface area contributed by atoms with E-state index in [0.717, 1.165) is 0 Å². The van der Waals surface area contributed by atoms with Crippen molar-refractivity contribution in [3.8, 4) is 0 Å². The zero-order chi connectivity index (χ0) is 15.8. The molecule has 1 aromatic rings. The molecule has 0 saturated carbocycles. The third kappa shape index (κ3) is 2.68. The van der Waals surface area contributed by atoms with E-state index in [9.17, 15) is 18.3 Å². The van der Waals surface area contributed by atoms with Gasteiger partial charge in [0, 0.05) is 6.54 Å². The van der Waals surface area contributed by atoms with Gasteiger partial charge in [-0.1, -0.05) is 6.92 Å². The number of carboxylic acids is 1. The number of aromatic nitrogens is 2. The van der Waals surface area contributed by atoms with E-state index in [1.54, 1.807) is 20.8 Å². The lowest BCUT2D eigenvalue weighted by Crippen LogP contribution is -2.46. The Hall–Kier alpha value is -1.45. The number of carbonyl (C=O) groups is 1. The molecule has 0 bridgehead atoms. The molecule has 8 nitrogen and oxygen atoms in total. The molecule has 0 amide bonds. The molecule has 9 heteroatoms. The summed E-state index contributed by atoms with van der Waals surface area (Å²) in [5.74, 6) is -1.90. The summed E-state index contributed by atoms with van der Waals surface area (Å²) in [7, 11) is -3.82. The third-order valence-electron chi connectivity index (χ3n) is 3.68. The summed E-state index contributed by atoms with van der Waals surface area (Å²) in [5, 5.41) is 15.8. The highest BCUT2D eigenvalue weighted by molar-refractivity contribution is 7.89. The van der Waals surface area contributed by atoms with Crippen LogP contribution < -0.4 is 0 Å². The number of aliphatic carboxylic acids is 1. The maximum absolute atomic E-state index is 12.8. The molecule has 1 saturated heterocycles. The van der Waals surface area contributed by atoms with Crippen LogP contribution in [0.2, 0.25) is 0 Å². The molecule has 0 aromatic carbocycles. The molecular formula is C12H19N3O5S. The van der Waals surface area contributed by atoms with Crippen LogP contribution in [0.15, 0.2) is 4.90 Å². The van der Waals surface area contributed by atoms with Crippen molar-refractivity contribution in [2.24, 2.45) is 5.92 Å². The molecule has 2 heterocycles. The SMILES string of the molecule is CCN(C1COCC1C(=O)O)S(=O)(=O)c1c(C)n[nH]c1C. The number of nitrogens with one attached hydrogen (secondary N) is 1. The monoisotopic (exact) mass is 317 g/mol. The molecule has 1 aliphatic rings. The molecule has 2 N–H and O–H groups in total. The Balaban J connectivity index is 2.43. The molecule has 1 aromatic heterocycles. The number of aromatic amines is 1. The van der Waals surface area contributed by atoms with Crippen LogP contribution in [-0.4, -0.2) is 59.8 Å². The molecule has 1 aliphatic heterocycles. The topological polar surface area (TPSA) is 113 Å². The van der Waals surface area contributed by atoms with Crippen LogP contribution in [0.3, 0.4) is 0 Å². The van der Waals surface area contributed by atoms with Crippen molar-refractivity contribution >= 4 is 16.0 Å². The Labute approximate surface area is 123 Å². The van der Waals surface area contributed by atoms with E-state index in [1.165, 1.54) is 4.31 Å². The summed E-state index contributed by atoms with van der Waals surface area (Å²) in [6, 6.07) is -0.703. The highest BCUT2D eigenvalue weighted by Crippen LogP contribution is 2.28. The largest absolute Gasteiger partial charge is 0.481 e. The quantitative estimate of drug-likeness (QED) is 0.798. The molecule has 2 rings (SSSR count). The third-order valence-corrected chi connectivity index (χ3v) is 5.94. The number of ether oxygens (including phenoxy) is 1. The van der Waals surface area contributed by atoms with Crippen LogP contribution in [0.4, 0.5) is 0 Å². The molecule has 118 valence electrons. The van der Waals surface area contributed by atoms with Gasteiger partial charge in [0.2, 0.25) is 10.0 Å². The van der Waals surface area contributed by atoms with Crippen LogP contribution in [0.25, 0.3) is 0 Å². The second-order valence-electron chi connectivity index (χ2n) is 5.02. The number of likely N-dealkylation sites (N-methyl/N-ethyl adjacent to an activating group) is 1. The summed E-state index contributed by atoms with van der Waals surface area (Å²) < 4.78 is 32.1. The van der Waals surface area contributed by atoms with Gasteiger partial charge >= 0.3 is 5.97 Å². The van der Waals surface area contributed by atoms with E-state index in [-0.39, 0.29) is 24.7 Å². The molecule has 0 radical (unpaired) electrons. The Morgan fingerprint density at radius 1 is 1.48 bits per heavy atom. The lowest BCUT2D eigenvalue weighted by atomic mass is 10.0. The van der Waals surface area contributed by atoms with Gasteiger partial charge in [-0.05, 0) is 13.8 Å². The van der Waals surface area contributed by atoms with E-state index < -0.39 is 28.0 Å². The number of hydrogen-bond acceptors (Lipinski definition) is 5. The first-order valence-corrected chi connectivity index (χ1v) is 8.08. The number of sulfonamides is 1. The number of aryl methyl sites for hydroxylation is 2. The minimum atomic E-state index is -3.82. The highest BCUT2D eigenvalue weighted by Gasteiger charge is 2.43. The van der Waals surface area contributed by atoms with Gasteiger partial charge < -0.3 is 9.84 Å². The first-order chi connectivity index (χ1) is 9.80. The van der Waals surface area contributed by atoms with E-state index in [0.29, 0.717) is 11.4 Å². The molecule has 0 aliphatic carbocycles. The first-order valence-electron chi connectivity index (χ1n) is 6.64. The fourth-order valence-electron chi connectivity index (χ4n) is 2.68.